The summed E-state index contributed by atoms with van der Waals surface area (Å²) in [5.74, 6) is -1.01. The molecule has 5 heterocycles. The van der Waals surface area contributed by atoms with Crippen LogP contribution in [0.15, 0.2) is 69.7 Å². The van der Waals surface area contributed by atoms with Crippen molar-refractivity contribution in [2.24, 2.45) is 9.44 Å². The molecule has 0 spiro atoms. The third kappa shape index (κ3) is 6.08. The van der Waals surface area contributed by atoms with Crippen molar-refractivity contribution in [3.05, 3.63) is 94.6 Å². The Hall–Kier alpha value is -3.99. The molecule has 1 aromatic carbocycles. The number of fused-ring (bicyclic) bond motifs is 3. The summed E-state index contributed by atoms with van der Waals surface area (Å²) in [7, 11) is -6.15. The summed E-state index contributed by atoms with van der Waals surface area (Å²) in [6.07, 6.45) is 1.73. The van der Waals surface area contributed by atoms with Gasteiger partial charge in [0.2, 0.25) is 5.16 Å². The fourth-order valence-corrected chi connectivity index (χ4v) is 12.8. The molecule has 4 aromatic rings. The van der Waals surface area contributed by atoms with Crippen molar-refractivity contribution in [3.8, 4) is 5.69 Å². The second-order valence-electron chi connectivity index (χ2n) is 14.9. The Morgan fingerprint density at radius 1 is 1.06 bits per heavy atom. The van der Waals surface area contributed by atoms with Crippen LogP contribution >= 0.6 is 0 Å². The fraction of sp³-hybridized carbons (Fsp3) is 0.429. The van der Waals surface area contributed by atoms with Crippen LogP contribution in [0.5, 0.6) is 0 Å². The first-order valence-electron chi connectivity index (χ1n) is 16.7. The maximum absolute atomic E-state index is 15.9. The second-order valence-corrected chi connectivity index (χ2v) is 22.1. The first-order valence-corrected chi connectivity index (χ1v) is 21.1. The quantitative estimate of drug-likeness (QED) is 0.119. The first kappa shape index (κ1) is 35.4. The molecule has 0 saturated carbocycles. The van der Waals surface area contributed by atoms with Crippen LogP contribution in [0, 0.1) is 11.2 Å². The molecule has 3 aliphatic rings. The minimum Gasteiger partial charge on any atom is -0.373 e. The zero-order chi connectivity index (χ0) is 36.6. The molecule has 0 radical (unpaired) electrons. The summed E-state index contributed by atoms with van der Waals surface area (Å²) in [5, 5.41) is 4.56. The number of imidazole rings is 1. The summed E-state index contributed by atoms with van der Waals surface area (Å²) in [6.45, 7) is 11.6. The Bertz CT molecular complexity index is 2180. The highest BCUT2D eigenvalue weighted by Gasteiger charge is 2.52. The van der Waals surface area contributed by atoms with Crippen molar-refractivity contribution >= 4 is 30.0 Å². The smallest absolute Gasteiger partial charge is 0.373 e. The highest BCUT2D eigenvalue weighted by Crippen LogP contribution is 2.48. The molecule has 3 aromatic heterocycles. The van der Waals surface area contributed by atoms with Crippen molar-refractivity contribution in [2.75, 3.05) is 19.7 Å². The lowest BCUT2D eigenvalue weighted by atomic mass is 9.65. The molecule has 1 aliphatic carbocycles. The second kappa shape index (κ2) is 12.3. The van der Waals surface area contributed by atoms with Gasteiger partial charge in [-0.25, -0.2) is 22.6 Å². The number of hydrogen-bond acceptors (Lipinski definition) is 7. The molecule has 16 heteroatoms. The van der Waals surface area contributed by atoms with E-state index in [-0.39, 0.29) is 36.7 Å². The third-order valence-electron chi connectivity index (χ3n) is 10.6. The van der Waals surface area contributed by atoms with Gasteiger partial charge in [-0.15, -0.1) is 0 Å². The van der Waals surface area contributed by atoms with Gasteiger partial charge in [0.25, 0.3) is 0 Å². The molecule has 2 atom stereocenters. The Morgan fingerprint density at radius 3 is 2.51 bits per heavy atom. The average molecular weight is 742 g/mol. The van der Waals surface area contributed by atoms with E-state index in [9.17, 15) is 22.4 Å². The molecule has 2 aliphatic heterocycles. The van der Waals surface area contributed by atoms with Crippen molar-refractivity contribution in [3.63, 3.8) is 0 Å². The van der Waals surface area contributed by atoms with Gasteiger partial charge < -0.3 is 9.30 Å². The highest BCUT2D eigenvalue weighted by molar-refractivity contribution is 7.92. The summed E-state index contributed by atoms with van der Waals surface area (Å²) in [5.41, 5.74) is 0.593. The van der Waals surface area contributed by atoms with E-state index in [1.165, 1.54) is 12.1 Å². The highest BCUT2D eigenvalue weighted by atomic mass is 32.2. The number of pyridine rings is 1. The number of benzene rings is 1. The van der Waals surface area contributed by atoms with E-state index >= 15 is 4.21 Å². The van der Waals surface area contributed by atoms with Gasteiger partial charge in [0.05, 0.1) is 53.7 Å². The molecule has 1 saturated heterocycles. The average Bonchev–Trinajstić information content (AvgIpc) is 3.70. The van der Waals surface area contributed by atoms with Gasteiger partial charge in [-0.2, -0.15) is 18.3 Å². The van der Waals surface area contributed by atoms with Gasteiger partial charge in [0.15, 0.2) is 23.9 Å². The predicted molar refractivity (Wildman–Crippen MR) is 185 cm³/mol. The molecule has 0 amide bonds. The number of alkyl halides is 3. The number of carbonyl (C=O) groups is 1. The third-order valence-corrected chi connectivity index (χ3v) is 18.9. The zero-order valence-corrected chi connectivity index (χ0v) is 30.8. The molecule has 10 nitrogen and oxygen atoms in total. The minimum absolute atomic E-state index is 0.0613. The number of piperidine rings is 1. The van der Waals surface area contributed by atoms with Gasteiger partial charge in [0.1, 0.15) is 11.5 Å². The van der Waals surface area contributed by atoms with Crippen LogP contribution in [0.1, 0.15) is 60.2 Å². The standard InChI is InChI=1S/C35H39F4N7O3SSi/c1-33(2,3)51(4,5)43-50(48,32-41-20-28-21-49-15-14-45(28)32)44-13-11-24-17-30-23(19-42-46(30)27-8-6-26(36)7-9-27)18-34(24,22-44)31(47)29-16-25(10-12-40-29)35(37,38)39/h6-10,12,16-17,19-20H,11,13-15,18,21-22H2,1-5H3/t34-,50?/m0/s1. The Kier molecular flexibility index (Phi) is 8.55. The van der Waals surface area contributed by atoms with Crippen LogP contribution in [0.4, 0.5) is 17.6 Å². The van der Waals surface area contributed by atoms with Crippen molar-refractivity contribution in [1.82, 2.24) is 28.6 Å². The Balaban J connectivity index is 1.41. The molecular weight excluding hydrogens is 703 g/mol. The van der Waals surface area contributed by atoms with E-state index in [4.69, 9.17) is 8.77 Å². The van der Waals surface area contributed by atoms with E-state index in [0.29, 0.717) is 47.4 Å². The van der Waals surface area contributed by atoms with E-state index in [2.05, 4.69) is 48.9 Å². The van der Waals surface area contributed by atoms with Crippen LogP contribution in [0.2, 0.25) is 18.1 Å². The van der Waals surface area contributed by atoms with Gasteiger partial charge in [-0.1, -0.05) is 26.3 Å². The number of ether oxygens (including phenoxy) is 1. The largest absolute Gasteiger partial charge is 0.416 e. The lowest BCUT2D eigenvalue weighted by molar-refractivity contribution is -0.137. The number of carbonyl (C=O) groups excluding carboxylic acids is 1. The number of halogens is 4. The molecule has 51 heavy (non-hydrogen) atoms. The van der Waals surface area contributed by atoms with E-state index in [0.717, 1.165) is 24.0 Å². The maximum atomic E-state index is 15.9. The molecule has 1 fully saturated rings. The minimum atomic E-state index is -4.69. The molecule has 1 unspecified atom stereocenters. The first-order chi connectivity index (χ1) is 23.9. The van der Waals surface area contributed by atoms with Crippen LogP contribution in [0.25, 0.3) is 11.8 Å². The van der Waals surface area contributed by atoms with Crippen LogP contribution in [-0.2, 0) is 40.4 Å². The summed E-state index contributed by atoms with van der Waals surface area (Å²) >= 11 is 0. The maximum Gasteiger partial charge on any atom is 0.416 e. The summed E-state index contributed by atoms with van der Waals surface area (Å²) in [6, 6.07) is 7.46. The fourth-order valence-electron chi connectivity index (χ4n) is 6.74. The molecule has 270 valence electrons. The van der Waals surface area contributed by atoms with E-state index in [1.54, 1.807) is 33.5 Å². The van der Waals surface area contributed by atoms with Crippen molar-refractivity contribution in [1.29, 1.82) is 0 Å². The van der Waals surface area contributed by atoms with Crippen molar-refractivity contribution in [2.45, 2.75) is 76.2 Å². The lowest BCUT2D eigenvalue weighted by Crippen LogP contribution is -2.54. The van der Waals surface area contributed by atoms with Crippen LogP contribution in [-0.4, -0.2) is 66.5 Å². The monoisotopic (exact) mass is 741 g/mol. The summed E-state index contributed by atoms with van der Waals surface area (Å²) in [4.78, 5) is 23.7. The predicted octanol–water partition coefficient (Wildman–Crippen LogP) is 7.11. The molecule has 7 rings (SSSR count). The number of aromatic nitrogens is 5. The number of hydrogen-bond donors (Lipinski definition) is 0. The van der Waals surface area contributed by atoms with E-state index in [1.807, 2.05) is 10.6 Å². The van der Waals surface area contributed by atoms with Gasteiger partial charge in [0, 0.05) is 25.8 Å². The topological polar surface area (TPSA) is 108 Å². The zero-order valence-electron chi connectivity index (χ0n) is 29.0. The molecular formula is C35H39F4N7O3SSi. The van der Waals surface area contributed by atoms with Crippen LogP contribution < -0.4 is 0 Å². The van der Waals surface area contributed by atoms with E-state index < -0.39 is 46.9 Å². The molecule has 0 bridgehead atoms. The SMILES string of the molecule is CC(C)(C)[Si](C)(C)N=S(=O)(c1ncc2n1CCOC2)N1CCC2=Cc3c(cnn3-c3ccc(F)cc3)C[C@]2(C(=O)c2cc(C(F)(F)F)ccn2)C1. The summed E-state index contributed by atoms with van der Waals surface area (Å²) < 4.78 is 87.5. The number of nitrogens with zero attached hydrogens (tertiary/aromatic N) is 7. The van der Waals surface area contributed by atoms with Gasteiger partial charge in [-0.05, 0) is 79.0 Å². The van der Waals surface area contributed by atoms with Crippen molar-refractivity contribution < 1.29 is 31.3 Å². The lowest BCUT2D eigenvalue weighted by Gasteiger charge is -2.46. The number of rotatable bonds is 6. The number of ketones is 1. The van der Waals surface area contributed by atoms with Crippen LogP contribution in [0.3, 0.4) is 0 Å². The van der Waals surface area contributed by atoms with Gasteiger partial charge in [-0.3, -0.25) is 13.8 Å². The Labute approximate surface area is 295 Å². The molecule has 0 N–H and O–H groups in total. The normalized spacial score (nSPS) is 20.8. The Morgan fingerprint density at radius 2 is 1.80 bits per heavy atom. The number of Topliss-reactive ketones (excluding diaryl/α,β-unsaturated/α-hetero) is 1. The van der Waals surface area contributed by atoms with Gasteiger partial charge >= 0.3 is 6.18 Å².